The highest BCUT2D eigenvalue weighted by molar-refractivity contribution is 5.94. The van der Waals surface area contributed by atoms with Crippen molar-refractivity contribution in [1.29, 1.82) is 0 Å². The van der Waals surface area contributed by atoms with E-state index in [0.29, 0.717) is 12.1 Å². The summed E-state index contributed by atoms with van der Waals surface area (Å²) in [4.78, 5) is 32.3. The van der Waals surface area contributed by atoms with Crippen LogP contribution >= 0.6 is 0 Å². The van der Waals surface area contributed by atoms with E-state index in [-0.39, 0.29) is 24.8 Å². The van der Waals surface area contributed by atoms with Crippen LogP contribution in [0.4, 0.5) is 0 Å². The van der Waals surface area contributed by atoms with E-state index >= 15 is 0 Å². The Labute approximate surface area is 169 Å². The molecule has 8 heteroatoms. The summed E-state index contributed by atoms with van der Waals surface area (Å²) >= 11 is 0. The zero-order valence-corrected chi connectivity index (χ0v) is 15.9. The zero-order chi connectivity index (χ0) is 20.5. The van der Waals surface area contributed by atoms with Gasteiger partial charge in [0, 0.05) is 36.9 Å². The smallest absolute Gasteiger partial charge is 0.251 e. The lowest BCUT2D eigenvalue weighted by molar-refractivity contribution is -0.125. The average molecular weight is 396 g/mol. The van der Waals surface area contributed by atoms with Crippen molar-refractivity contribution in [3.63, 3.8) is 0 Å². The minimum atomic E-state index is -0.625. The number of nitrogens with zero attached hydrogens (tertiary/aromatic N) is 2. The number of ether oxygens (including phenoxy) is 1. The molecule has 0 saturated carbocycles. The average Bonchev–Trinajstić information content (AvgIpc) is 2.76. The molecule has 2 amide bonds. The minimum Gasteiger partial charge on any atom is -0.394 e. The van der Waals surface area contributed by atoms with Crippen LogP contribution in [-0.2, 0) is 16.0 Å². The van der Waals surface area contributed by atoms with Crippen molar-refractivity contribution in [2.24, 2.45) is 0 Å². The lowest BCUT2D eigenvalue weighted by Gasteiger charge is -2.31. The van der Waals surface area contributed by atoms with Crippen LogP contribution in [0.2, 0.25) is 0 Å². The Balaban J connectivity index is 1.47. The number of carbonyl (C=O) groups excluding carboxylic acids is 2. The summed E-state index contributed by atoms with van der Waals surface area (Å²) in [7, 11) is 0. The van der Waals surface area contributed by atoms with E-state index in [0.717, 1.165) is 12.0 Å². The lowest BCUT2D eigenvalue weighted by Crippen LogP contribution is -2.49. The van der Waals surface area contributed by atoms with E-state index in [1.165, 1.54) is 12.4 Å². The molecule has 152 valence electrons. The summed E-state index contributed by atoms with van der Waals surface area (Å²) in [5, 5.41) is 15.3. The number of hydrogen-bond donors (Lipinski definition) is 3. The molecule has 0 bridgehead atoms. The summed E-state index contributed by atoms with van der Waals surface area (Å²) in [6, 6.07) is 6.55. The summed E-state index contributed by atoms with van der Waals surface area (Å²) in [6.45, 7) is 0.249. The maximum atomic E-state index is 12.3. The number of aromatic nitrogens is 2. The largest absolute Gasteiger partial charge is 0.394 e. The third-order valence-corrected chi connectivity index (χ3v) is 4.58. The molecule has 1 aliphatic heterocycles. The fourth-order valence-corrected chi connectivity index (χ4v) is 3.02. The number of rotatable bonds is 8. The van der Waals surface area contributed by atoms with Crippen LogP contribution in [0.1, 0.15) is 22.3 Å². The van der Waals surface area contributed by atoms with E-state index in [1.807, 2.05) is 12.1 Å². The van der Waals surface area contributed by atoms with E-state index in [2.05, 4.69) is 20.6 Å². The van der Waals surface area contributed by atoms with Crippen LogP contribution in [0, 0.1) is 0 Å². The molecule has 29 heavy (non-hydrogen) atoms. The lowest BCUT2D eigenvalue weighted by atomic mass is 10.0. The van der Waals surface area contributed by atoms with Gasteiger partial charge in [0.1, 0.15) is 6.10 Å². The number of nitrogens with one attached hydrogen (secondary N) is 2. The molecule has 3 N–H and O–H groups in total. The van der Waals surface area contributed by atoms with Crippen LogP contribution in [0.5, 0.6) is 0 Å². The highest BCUT2D eigenvalue weighted by Gasteiger charge is 2.29. The van der Waals surface area contributed by atoms with Crippen molar-refractivity contribution in [2.75, 3.05) is 13.2 Å². The maximum Gasteiger partial charge on any atom is 0.251 e. The van der Waals surface area contributed by atoms with Gasteiger partial charge in [0.25, 0.3) is 5.91 Å². The quantitative estimate of drug-likeness (QED) is 0.565. The van der Waals surface area contributed by atoms with Crippen LogP contribution in [0.15, 0.2) is 61.2 Å². The second-order valence-electron chi connectivity index (χ2n) is 6.68. The molecule has 0 aliphatic carbocycles. The molecular weight excluding hydrogens is 372 g/mol. The first-order valence-electron chi connectivity index (χ1n) is 9.47. The monoisotopic (exact) mass is 396 g/mol. The van der Waals surface area contributed by atoms with Crippen molar-refractivity contribution in [2.45, 2.75) is 31.1 Å². The Kier molecular flexibility index (Phi) is 7.43. The molecule has 2 aromatic rings. The molecule has 3 rings (SSSR count). The van der Waals surface area contributed by atoms with Crippen LogP contribution in [-0.4, -0.2) is 58.3 Å². The molecule has 0 spiro atoms. The molecular formula is C21H24N4O4. The third-order valence-electron chi connectivity index (χ3n) is 4.58. The van der Waals surface area contributed by atoms with Crippen molar-refractivity contribution in [3.05, 3.63) is 72.3 Å². The van der Waals surface area contributed by atoms with Crippen molar-refractivity contribution >= 4 is 11.8 Å². The number of pyridine rings is 2. The predicted octanol–water partition coefficient (Wildman–Crippen LogP) is 0.640. The number of aliphatic hydroxyl groups excluding tert-OH is 1. The fourth-order valence-electron chi connectivity index (χ4n) is 3.02. The topological polar surface area (TPSA) is 113 Å². The van der Waals surface area contributed by atoms with Crippen LogP contribution in [0.3, 0.4) is 0 Å². The third kappa shape index (κ3) is 6.20. The van der Waals surface area contributed by atoms with E-state index < -0.39 is 18.2 Å². The minimum absolute atomic E-state index is 0.135. The first kappa shape index (κ1) is 20.6. The van der Waals surface area contributed by atoms with Crippen molar-refractivity contribution in [3.8, 4) is 0 Å². The molecule has 0 unspecified atom stereocenters. The van der Waals surface area contributed by atoms with E-state index in [1.54, 1.807) is 36.7 Å². The number of amides is 2. The molecule has 3 atom stereocenters. The van der Waals surface area contributed by atoms with Gasteiger partial charge in [-0.15, -0.1) is 0 Å². The molecule has 8 nitrogen and oxygen atoms in total. The van der Waals surface area contributed by atoms with Gasteiger partial charge in [-0.1, -0.05) is 12.2 Å². The SMILES string of the molecule is O=C(C[C@H]1C=C[C@H](NC(=O)c2ccncc2)[C@@H](CO)O1)NCCc1ccncc1. The summed E-state index contributed by atoms with van der Waals surface area (Å²) < 4.78 is 5.79. The van der Waals surface area contributed by atoms with Gasteiger partial charge in [0.2, 0.25) is 5.91 Å². The molecule has 2 aromatic heterocycles. The summed E-state index contributed by atoms with van der Waals surface area (Å²) in [5.41, 5.74) is 1.57. The number of hydrogen-bond acceptors (Lipinski definition) is 6. The molecule has 0 saturated heterocycles. The number of carbonyl (C=O) groups is 2. The van der Waals surface area contributed by atoms with E-state index in [4.69, 9.17) is 4.74 Å². The molecule has 0 fully saturated rings. The van der Waals surface area contributed by atoms with Crippen LogP contribution < -0.4 is 10.6 Å². The van der Waals surface area contributed by atoms with Crippen LogP contribution in [0.25, 0.3) is 0 Å². The highest BCUT2D eigenvalue weighted by Crippen LogP contribution is 2.16. The maximum absolute atomic E-state index is 12.3. The Morgan fingerprint density at radius 1 is 1.03 bits per heavy atom. The fraction of sp³-hybridized carbons (Fsp3) is 0.333. The van der Waals surface area contributed by atoms with Gasteiger partial charge in [0.05, 0.1) is 25.2 Å². The number of aliphatic hydroxyl groups is 1. The second-order valence-corrected chi connectivity index (χ2v) is 6.68. The zero-order valence-electron chi connectivity index (χ0n) is 15.9. The normalized spacial score (nSPS) is 20.8. The first-order chi connectivity index (χ1) is 14.2. The van der Waals surface area contributed by atoms with Gasteiger partial charge < -0.3 is 20.5 Å². The highest BCUT2D eigenvalue weighted by atomic mass is 16.5. The molecule has 0 aromatic carbocycles. The summed E-state index contributed by atoms with van der Waals surface area (Å²) in [5.74, 6) is -0.416. The van der Waals surface area contributed by atoms with Gasteiger partial charge in [-0.25, -0.2) is 0 Å². The van der Waals surface area contributed by atoms with E-state index in [9.17, 15) is 14.7 Å². The molecule has 1 aliphatic rings. The second kappa shape index (κ2) is 10.4. The Morgan fingerprint density at radius 3 is 2.41 bits per heavy atom. The van der Waals surface area contributed by atoms with Gasteiger partial charge in [-0.3, -0.25) is 19.6 Å². The summed E-state index contributed by atoms with van der Waals surface area (Å²) in [6.07, 6.45) is 9.80. The Bertz CT molecular complexity index is 829. The van der Waals surface area contributed by atoms with Crippen molar-refractivity contribution in [1.82, 2.24) is 20.6 Å². The van der Waals surface area contributed by atoms with Gasteiger partial charge in [-0.2, -0.15) is 0 Å². The van der Waals surface area contributed by atoms with Crippen molar-refractivity contribution < 1.29 is 19.4 Å². The Morgan fingerprint density at radius 2 is 1.72 bits per heavy atom. The van der Waals surface area contributed by atoms with Gasteiger partial charge in [0.15, 0.2) is 0 Å². The van der Waals surface area contributed by atoms with Gasteiger partial charge in [-0.05, 0) is 36.2 Å². The predicted molar refractivity (Wildman–Crippen MR) is 106 cm³/mol. The Hall–Kier alpha value is -3.10. The standard InChI is InChI=1S/C21H24N4O4/c26-14-19-18(25-21(28)16-6-10-23-11-7-16)2-1-17(29-19)13-20(27)24-12-5-15-3-8-22-9-4-15/h1-4,6-11,17-19,26H,5,12-14H2,(H,24,27)(H,25,28)/t17-,18+,19-/m1/s1. The molecule has 3 heterocycles. The molecule has 0 radical (unpaired) electrons. The first-order valence-corrected chi connectivity index (χ1v) is 9.47. The van der Waals surface area contributed by atoms with Gasteiger partial charge >= 0.3 is 0 Å².